The predicted molar refractivity (Wildman–Crippen MR) is 131 cm³/mol. The second-order valence-electron chi connectivity index (χ2n) is 9.49. The Labute approximate surface area is 205 Å². The van der Waals surface area contributed by atoms with Gasteiger partial charge in [0.05, 0.1) is 12.3 Å². The van der Waals surface area contributed by atoms with Gasteiger partial charge in [-0.3, -0.25) is 14.7 Å². The van der Waals surface area contributed by atoms with Crippen LogP contribution in [-0.4, -0.2) is 51.0 Å². The topological polar surface area (TPSA) is 101 Å². The van der Waals surface area contributed by atoms with Gasteiger partial charge in [0.1, 0.15) is 18.1 Å². The summed E-state index contributed by atoms with van der Waals surface area (Å²) in [6.45, 7) is 2.54. The number of pyridine rings is 1. The summed E-state index contributed by atoms with van der Waals surface area (Å²) in [5, 5.41) is 14.1. The number of nitrogens with one attached hydrogen (secondary N) is 1. The first-order valence-electron chi connectivity index (χ1n) is 12.4. The van der Waals surface area contributed by atoms with Crippen molar-refractivity contribution in [3.8, 4) is 5.75 Å². The zero-order valence-corrected chi connectivity index (χ0v) is 19.9. The molecule has 0 amide bonds. The van der Waals surface area contributed by atoms with E-state index in [0.717, 1.165) is 30.9 Å². The SMILES string of the molecule is O=C(CC[C@H](O)CN1CCc2cc(OCc3cnco3)ccc2C1)c1cc(NC2CCC2)ccn1. The highest BCUT2D eigenvalue weighted by molar-refractivity contribution is 5.95. The lowest BCUT2D eigenvalue weighted by atomic mass is 9.93. The largest absolute Gasteiger partial charge is 0.486 e. The molecule has 2 aliphatic rings. The van der Waals surface area contributed by atoms with Crippen molar-refractivity contribution in [3.63, 3.8) is 0 Å². The van der Waals surface area contributed by atoms with Crippen molar-refractivity contribution in [3.05, 3.63) is 71.7 Å². The average Bonchev–Trinajstić information content (AvgIpc) is 3.37. The minimum atomic E-state index is -0.554. The van der Waals surface area contributed by atoms with Crippen LogP contribution in [0.5, 0.6) is 5.75 Å². The van der Waals surface area contributed by atoms with Crippen molar-refractivity contribution in [1.82, 2.24) is 14.9 Å². The molecule has 3 aromatic rings. The number of Topliss-reactive ketones (excluding diaryl/α,β-unsaturated/α-hetero) is 1. The van der Waals surface area contributed by atoms with Crippen LogP contribution in [0.2, 0.25) is 0 Å². The Morgan fingerprint density at radius 2 is 2.17 bits per heavy atom. The number of nitrogens with zero attached hydrogens (tertiary/aromatic N) is 3. The van der Waals surface area contributed by atoms with E-state index in [1.165, 1.54) is 36.8 Å². The number of ketones is 1. The lowest BCUT2D eigenvalue weighted by Crippen LogP contribution is -2.36. The van der Waals surface area contributed by atoms with E-state index in [4.69, 9.17) is 9.15 Å². The first-order chi connectivity index (χ1) is 17.1. The van der Waals surface area contributed by atoms with Crippen LogP contribution in [0.1, 0.15) is 59.5 Å². The van der Waals surface area contributed by atoms with Gasteiger partial charge in [0.2, 0.25) is 0 Å². The Bertz CT molecular complexity index is 1130. The molecule has 1 aliphatic carbocycles. The molecule has 1 saturated carbocycles. The third-order valence-corrected chi connectivity index (χ3v) is 6.83. The molecule has 184 valence electrons. The fourth-order valence-corrected chi connectivity index (χ4v) is 4.58. The van der Waals surface area contributed by atoms with E-state index in [0.29, 0.717) is 37.1 Å². The van der Waals surface area contributed by atoms with Gasteiger partial charge in [-0.2, -0.15) is 0 Å². The number of hydrogen-bond acceptors (Lipinski definition) is 8. The number of aliphatic hydroxyl groups is 1. The molecule has 0 bridgehead atoms. The molecule has 2 aromatic heterocycles. The van der Waals surface area contributed by atoms with Crippen LogP contribution in [0.15, 0.2) is 53.5 Å². The van der Waals surface area contributed by atoms with Crippen molar-refractivity contribution >= 4 is 11.5 Å². The smallest absolute Gasteiger partial charge is 0.181 e. The number of rotatable bonds is 11. The van der Waals surface area contributed by atoms with Gasteiger partial charge in [0.15, 0.2) is 17.9 Å². The first-order valence-corrected chi connectivity index (χ1v) is 12.4. The zero-order chi connectivity index (χ0) is 24.0. The number of ether oxygens (including phenoxy) is 1. The minimum absolute atomic E-state index is 0.0249. The maximum atomic E-state index is 12.7. The van der Waals surface area contributed by atoms with Crippen LogP contribution in [-0.2, 0) is 19.6 Å². The summed E-state index contributed by atoms with van der Waals surface area (Å²) in [6.07, 6.45) is 9.40. The van der Waals surface area contributed by atoms with Crippen LogP contribution in [0.4, 0.5) is 5.69 Å². The first kappa shape index (κ1) is 23.5. The normalized spacial score (nSPS) is 16.8. The molecule has 8 nitrogen and oxygen atoms in total. The Morgan fingerprint density at radius 1 is 1.26 bits per heavy atom. The molecule has 0 radical (unpaired) electrons. The second kappa shape index (κ2) is 11.0. The number of carbonyl (C=O) groups is 1. The van der Waals surface area contributed by atoms with Gasteiger partial charge in [-0.05, 0) is 67.5 Å². The van der Waals surface area contributed by atoms with Crippen molar-refractivity contribution < 1.29 is 19.1 Å². The van der Waals surface area contributed by atoms with Gasteiger partial charge in [0.25, 0.3) is 0 Å². The van der Waals surface area contributed by atoms with Gasteiger partial charge in [0, 0.05) is 44.0 Å². The van der Waals surface area contributed by atoms with E-state index in [1.54, 1.807) is 12.4 Å². The summed E-state index contributed by atoms with van der Waals surface area (Å²) in [4.78, 5) is 23.0. The molecule has 0 saturated heterocycles. The van der Waals surface area contributed by atoms with Crippen LogP contribution < -0.4 is 10.1 Å². The molecule has 0 unspecified atom stereocenters. The molecule has 5 rings (SSSR count). The van der Waals surface area contributed by atoms with E-state index in [1.807, 2.05) is 18.2 Å². The summed E-state index contributed by atoms with van der Waals surface area (Å²) in [7, 11) is 0. The van der Waals surface area contributed by atoms with Crippen molar-refractivity contribution in [2.24, 2.45) is 0 Å². The van der Waals surface area contributed by atoms with Crippen molar-refractivity contribution in [1.29, 1.82) is 0 Å². The molecule has 3 heterocycles. The van der Waals surface area contributed by atoms with Crippen molar-refractivity contribution in [2.75, 3.05) is 18.4 Å². The van der Waals surface area contributed by atoms with Gasteiger partial charge in [-0.25, -0.2) is 4.98 Å². The van der Waals surface area contributed by atoms with Crippen LogP contribution in [0.25, 0.3) is 0 Å². The molecular formula is C27H32N4O4. The number of anilines is 1. The summed E-state index contributed by atoms with van der Waals surface area (Å²) < 4.78 is 11.0. The molecule has 35 heavy (non-hydrogen) atoms. The third-order valence-electron chi connectivity index (χ3n) is 6.83. The monoisotopic (exact) mass is 476 g/mol. The fraction of sp³-hybridized carbons (Fsp3) is 0.444. The lowest BCUT2D eigenvalue weighted by Gasteiger charge is -2.30. The maximum Gasteiger partial charge on any atom is 0.181 e. The number of β-amino-alcohol motifs (C(OH)–C–C–N with tert-alkyl or cyclic N) is 1. The van der Waals surface area contributed by atoms with E-state index < -0.39 is 6.10 Å². The van der Waals surface area contributed by atoms with Crippen LogP contribution in [0.3, 0.4) is 0 Å². The molecule has 1 atom stereocenters. The number of aromatic nitrogens is 2. The summed E-state index contributed by atoms with van der Waals surface area (Å²) in [6, 6.07) is 10.4. The molecule has 0 spiro atoms. The van der Waals surface area contributed by atoms with Crippen LogP contribution in [0, 0.1) is 0 Å². The predicted octanol–water partition coefficient (Wildman–Crippen LogP) is 4.00. The van der Waals surface area contributed by atoms with E-state index in [2.05, 4.69) is 32.3 Å². The Kier molecular flexibility index (Phi) is 7.39. The Hall–Kier alpha value is -3.23. The molecular weight excluding hydrogens is 444 g/mol. The van der Waals surface area contributed by atoms with E-state index in [-0.39, 0.29) is 12.2 Å². The average molecular weight is 477 g/mol. The summed E-state index contributed by atoms with van der Waals surface area (Å²) >= 11 is 0. The molecule has 2 N–H and O–H groups in total. The van der Waals surface area contributed by atoms with Gasteiger partial charge in [-0.15, -0.1) is 0 Å². The highest BCUT2D eigenvalue weighted by Crippen LogP contribution is 2.25. The molecule has 1 aliphatic heterocycles. The Balaban J connectivity index is 1.07. The summed E-state index contributed by atoms with van der Waals surface area (Å²) in [5.74, 6) is 1.48. The highest BCUT2D eigenvalue weighted by Gasteiger charge is 2.21. The van der Waals surface area contributed by atoms with E-state index >= 15 is 0 Å². The third kappa shape index (κ3) is 6.26. The van der Waals surface area contributed by atoms with Gasteiger partial charge < -0.3 is 19.6 Å². The van der Waals surface area contributed by atoms with Crippen LogP contribution >= 0.6 is 0 Å². The number of aliphatic hydroxyl groups excluding tert-OH is 1. The van der Waals surface area contributed by atoms with Crippen molar-refractivity contribution in [2.45, 2.75) is 63.8 Å². The number of hydrogen-bond donors (Lipinski definition) is 2. The maximum absolute atomic E-state index is 12.7. The zero-order valence-electron chi connectivity index (χ0n) is 19.9. The molecule has 1 aromatic carbocycles. The number of fused-ring (bicyclic) bond motifs is 1. The number of carbonyl (C=O) groups excluding carboxylic acids is 1. The van der Waals surface area contributed by atoms with E-state index in [9.17, 15) is 9.90 Å². The standard InChI is InChI=1S/C27H32N4O4/c32-23(5-7-27(33)26-13-22(8-10-29-26)30-21-2-1-3-21)16-31-11-9-19-12-24(6-4-20(19)15-31)34-17-25-14-28-18-35-25/h4,6,8,10,12-14,18,21,23,32H,1-3,5,7,9,11,15-17H2,(H,29,30)/t23-/m0/s1. The minimum Gasteiger partial charge on any atom is -0.486 e. The fourth-order valence-electron chi connectivity index (χ4n) is 4.58. The molecule has 8 heteroatoms. The summed E-state index contributed by atoms with van der Waals surface area (Å²) in [5.41, 5.74) is 3.93. The Morgan fingerprint density at radius 3 is 2.97 bits per heavy atom. The lowest BCUT2D eigenvalue weighted by molar-refractivity contribution is 0.0833. The van der Waals surface area contributed by atoms with Gasteiger partial charge >= 0.3 is 0 Å². The number of oxazole rings is 1. The molecule has 1 fully saturated rings. The highest BCUT2D eigenvalue weighted by atomic mass is 16.5. The van der Waals surface area contributed by atoms with Gasteiger partial charge in [-0.1, -0.05) is 6.07 Å². The number of benzene rings is 1. The second-order valence-corrected chi connectivity index (χ2v) is 9.49. The quantitative estimate of drug-likeness (QED) is 0.401.